The van der Waals surface area contributed by atoms with Gasteiger partial charge in [0.15, 0.2) is 18.0 Å². The largest absolute Gasteiger partial charge is 0.495 e. The van der Waals surface area contributed by atoms with E-state index in [1.54, 1.807) is 7.11 Å². The zero-order valence-electron chi connectivity index (χ0n) is 17.1. The van der Waals surface area contributed by atoms with Crippen molar-refractivity contribution in [3.05, 3.63) is 47.5 Å². The average Bonchev–Trinajstić information content (AvgIpc) is 3.03. The van der Waals surface area contributed by atoms with Crippen LogP contribution in [0.5, 0.6) is 17.2 Å². The number of rotatable bonds is 5. The summed E-state index contributed by atoms with van der Waals surface area (Å²) < 4.78 is 17.0. The van der Waals surface area contributed by atoms with Crippen LogP contribution < -0.4 is 24.4 Å². The number of likely N-dealkylation sites (tertiary alicyclic amines) is 1. The van der Waals surface area contributed by atoms with E-state index >= 15 is 0 Å². The van der Waals surface area contributed by atoms with E-state index < -0.39 is 0 Å². The van der Waals surface area contributed by atoms with Crippen molar-refractivity contribution >= 4 is 11.6 Å². The van der Waals surface area contributed by atoms with Crippen LogP contribution in [0.25, 0.3) is 0 Å². The first-order valence-electron chi connectivity index (χ1n) is 10.3. The van der Waals surface area contributed by atoms with Gasteiger partial charge in [-0.3, -0.25) is 4.79 Å². The number of benzene rings is 2. The van der Waals surface area contributed by atoms with Crippen molar-refractivity contribution < 1.29 is 23.9 Å². The molecule has 1 saturated heterocycles. The topological polar surface area (TPSA) is 61.2 Å². The summed E-state index contributed by atoms with van der Waals surface area (Å²) in [7, 11) is 1.62. The van der Waals surface area contributed by atoms with E-state index in [2.05, 4.69) is 17.4 Å². The van der Waals surface area contributed by atoms with Crippen molar-refractivity contribution in [2.75, 3.05) is 38.7 Å². The summed E-state index contributed by atoms with van der Waals surface area (Å²) in [6.07, 6.45) is 3.07. The maximum Gasteiger partial charge on any atom is 0.279 e. The minimum atomic E-state index is 0.00476. The number of aryl methyl sites for hydroxylation is 1. The molecule has 2 N–H and O–H groups in total. The molecular formula is C23H29N2O4+. The molecule has 6 nitrogen and oxygen atoms in total. The molecule has 1 unspecified atom stereocenters. The second-order valence-corrected chi connectivity index (χ2v) is 7.79. The number of carbonyl (C=O) groups is 1. The molecule has 2 heterocycles. The summed E-state index contributed by atoms with van der Waals surface area (Å²) in [5, 5.41) is 3.03. The fraction of sp³-hybridized carbons (Fsp3) is 0.435. The number of nitrogens with one attached hydrogen (secondary N) is 2. The molecule has 1 fully saturated rings. The van der Waals surface area contributed by atoms with Gasteiger partial charge in [0.2, 0.25) is 0 Å². The van der Waals surface area contributed by atoms with Gasteiger partial charge in [-0.1, -0.05) is 6.07 Å². The lowest BCUT2D eigenvalue weighted by Gasteiger charge is -2.22. The van der Waals surface area contributed by atoms with E-state index in [1.165, 1.54) is 10.5 Å². The number of quaternary nitrogens is 1. The van der Waals surface area contributed by atoms with Crippen LogP contribution in [0.2, 0.25) is 0 Å². The molecule has 1 amide bonds. The number of carbonyl (C=O) groups excluding carboxylic acids is 1. The number of ether oxygens (including phenoxy) is 3. The second-order valence-electron chi connectivity index (χ2n) is 7.79. The van der Waals surface area contributed by atoms with Crippen molar-refractivity contribution in [3.63, 3.8) is 0 Å². The lowest BCUT2D eigenvalue weighted by molar-refractivity contribution is -0.910. The van der Waals surface area contributed by atoms with Crippen molar-refractivity contribution in [2.24, 2.45) is 0 Å². The van der Waals surface area contributed by atoms with Crippen LogP contribution in [0, 0.1) is 6.92 Å². The van der Waals surface area contributed by atoms with Gasteiger partial charge in [-0.05, 0) is 42.8 Å². The lowest BCUT2D eigenvalue weighted by Crippen LogP contribution is -3.11. The Kier molecular flexibility index (Phi) is 5.90. The summed E-state index contributed by atoms with van der Waals surface area (Å²) >= 11 is 0. The van der Waals surface area contributed by atoms with E-state index in [9.17, 15) is 4.79 Å². The second kappa shape index (κ2) is 8.74. The number of fused-ring (bicyclic) bond motifs is 1. The van der Waals surface area contributed by atoms with E-state index in [-0.39, 0.29) is 11.9 Å². The minimum absolute atomic E-state index is 0.00476. The van der Waals surface area contributed by atoms with Gasteiger partial charge >= 0.3 is 0 Å². The highest BCUT2D eigenvalue weighted by Gasteiger charge is 2.32. The van der Waals surface area contributed by atoms with Gasteiger partial charge in [-0.25, -0.2) is 0 Å². The first-order valence-corrected chi connectivity index (χ1v) is 10.3. The van der Waals surface area contributed by atoms with Crippen LogP contribution in [-0.4, -0.2) is 39.3 Å². The Labute approximate surface area is 171 Å². The zero-order chi connectivity index (χ0) is 20.2. The molecule has 2 aliphatic rings. The first-order chi connectivity index (χ1) is 14.1. The Bertz CT molecular complexity index is 883. The number of anilines is 1. The first kappa shape index (κ1) is 19.6. The summed E-state index contributed by atoms with van der Waals surface area (Å²) in [6, 6.07) is 12.3. The molecule has 2 atom stereocenters. The normalized spacial score (nSPS) is 20.8. The van der Waals surface area contributed by atoms with Crippen LogP contribution in [0.4, 0.5) is 5.69 Å². The molecule has 0 aromatic heterocycles. The number of hydrogen-bond donors (Lipinski definition) is 2. The molecule has 0 spiro atoms. The van der Waals surface area contributed by atoms with Crippen LogP contribution in [-0.2, 0) is 4.79 Å². The van der Waals surface area contributed by atoms with Gasteiger partial charge in [-0.15, -0.1) is 0 Å². The third-order valence-corrected chi connectivity index (χ3v) is 5.67. The molecule has 4 rings (SSSR count). The summed E-state index contributed by atoms with van der Waals surface area (Å²) in [6.45, 7) is 4.78. The highest BCUT2D eigenvalue weighted by atomic mass is 16.5. The molecule has 6 heteroatoms. The Morgan fingerprint density at radius 3 is 2.79 bits per heavy atom. The molecule has 2 aromatic rings. The third-order valence-electron chi connectivity index (χ3n) is 5.67. The van der Waals surface area contributed by atoms with Crippen molar-refractivity contribution in [3.8, 4) is 17.2 Å². The number of hydrogen-bond acceptors (Lipinski definition) is 4. The SMILES string of the molecule is COc1ccc(C)cc1NC(=O)C[NH+]1CCC[C@@H]1c1ccc2c(c1)OCCCO2. The van der Waals surface area contributed by atoms with Crippen LogP contribution in [0.1, 0.15) is 36.4 Å². The Morgan fingerprint density at radius 2 is 1.97 bits per heavy atom. The van der Waals surface area contributed by atoms with Crippen molar-refractivity contribution in [2.45, 2.75) is 32.2 Å². The third kappa shape index (κ3) is 4.48. The molecule has 154 valence electrons. The van der Waals surface area contributed by atoms with E-state index in [1.807, 2.05) is 31.2 Å². The van der Waals surface area contributed by atoms with Gasteiger partial charge in [0.05, 0.1) is 32.6 Å². The highest BCUT2D eigenvalue weighted by molar-refractivity contribution is 5.93. The Balaban J connectivity index is 1.46. The number of amides is 1. The molecular weight excluding hydrogens is 368 g/mol. The predicted octanol–water partition coefficient (Wildman–Crippen LogP) is 2.52. The monoisotopic (exact) mass is 397 g/mol. The summed E-state index contributed by atoms with van der Waals surface area (Å²) in [5.74, 6) is 2.32. The van der Waals surface area contributed by atoms with E-state index in [4.69, 9.17) is 14.2 Å². The quantitative estimate of drug-likeness (QED) is 0.814. The molecule has 0 saturated carbocycles. The fourth-order valence-electron chi connectivity index (χ4n) is 4.24. The van der Waals surface area contributed by atoms with Crippen LogP contribution >= 0.6 is 0 Å². The molecule has 0 bridgehead atoms. The molecule has 0 radical (unpaired) electrons. The van der Waals surface area contributed by atoms with Crippen molar-refractivity contribution in [1.82, 2.24) is 0 Å². The maximum absolute atomic E-state index is 12.8. The van der Waals surface area contributed by atoms with Gasteiger partial charge in [0.25, 0.3) is 5.91 Å². The standard InChI is InChI=1S/C23H28N2O4/c1-16-6-8-20(27-2)18(13-16)24-23(26)15-25-10-3-5-19(25)17-7-9-21-22(14-17)29-12-4-11-28-21/h6-9,13-14,19H,3-5,10-12,15H2,1-2H3,(H,24,26)/p+1/t19-/m1/s1. The molecule has 29 heavy (non-hydrogen) atoms. The van der Waals surface area contributed by atoms with E-state index in [0.717, 1.165) is 48.6 Å². The van der Waals surface area contributed by atoms with E-state index in [0.29, 0.717) is 25.5 Å². The highest BCUT2D eigenvalue weighted by Crippen LogP contribution is 2.33. The van der Waals surface area contributed by atoms with Gasteiger partial charge in [0.1, 0.15) is 11.8 Å². The summed E-state index contributed by atoms with van der Waals surface area (Å²) in [4.78, 5) is 14.1. The fourth-order valence-corrected chi connectivity index (χ4v) is 4.24. The minimum Gasteiger partial charge on any atom is -0.495 e. The van der Waals surface area contributed by atoms with Gasteiger partial charge in [-0.2, -0.15) is 0 Å². The summed E-state index contributed by atoms with van der Waals surface area (Å²) in [5.41, 5.74) is 3.02. The van der Waals surface area contributed by atoms with Crippen LogP contribution in [0.3, 0.4) is 0 Å². The van der Waals surface area contributed by atoms with Gasteiger partial charge < -0.3 is 24.4 Å². The Hall–Kier alpha value is -2.73. The average molecular weight is 397 g/mol. The molecule has 2 aromatic carbocycles. The molecule has 2 aliphatic heterocycles. The van der Waals surface area contributed by atoms with Crippen molar-refractivity contribution in [1.29, 1.82) is 0 Å². The van der Waals surface area contributed by atoms with Gasteiger partial charge in [0, 0.05) is 24.8 Å². The Morgan fingerprint density at radius 1 is 1.14 bits per heavy atom. The molecule has 0 aliphatic carbocycles. The number of methoxy groups -OCH3 is 1. The maximum atomic E-state index is 12.8. The van der Waals surface area contributed by atoms with Crippen LogP contribution in [0.15, 0.2) is 36.4 Å². The predicted molar refractivity (Wildman–Crippen MR) is 111 cm³/mol. The smallest absolute Gasteiger partial charge is 0.279 e. The lowest BCUT2D eigenvalue weighted by atomic mass is 10.0. The zero-order valence-corrected chi connectivity index (χ0v) is 17.1.